The predicted molar refractivity (Wildman–Crippen MR) is 86.1 cm³/mol. The minimum Gasteiger partial charge on any atom is -0.383 e. The lowest BCUT2D eigenvalue weighted by molar-refractivity contribution is 0.621. The van der Waals surface area contributed by atoms with Crippen LogP contribution in [0.25, 0.3) is 11.3 Å². The van der Waals surface area contributed by atoms with Gasteiger partial charge in [-0.2, -0.15) is 5.10 Å². The smallest absolute Gasteiger partial charge is 0.134 e. The second-order valence-electron chi connectivity index (χ2n) is 5.91. The van der Waals surface area contributed by atoms with E-state index in [0.29, 0.717) is 11.5 Å². The van der Waals surface area contributed by atoms with E-state index in [0.717, 1.165) is 23.5 Å². The van der Waals surface area contributed by atoms with Crippen LogP contribution in [-0.2, 0) is 6.54 Å². The lowest BCUT2D eigenvalue weighted by atomic mass is 9.99. The third-order valence-electron chi connectivity index (χ3n) is 3.47. The van der Waals surface area contributed by atoms with E-state index in [1.807, 2.05) is 43.8 Å². The minimum atomic E-state index is -0.210. The highest BCUT2D eigenvalue weighted by molar-refractivity contribution is 5.67. The molecule has 0 saturated carbocycles. The monoisotopic (exact) mass is 289 g/mol. The Balaban J connectivity index is 2.49. The van der Waals surface area contributed by atoms with Crippen LogP contribution in [-0.4, -0.2) is 15.8 Å². The largest absolute Gasteiger partial charge is 0.383 e. The Morgan fingerprint density at radius 3 is 2.48 bits per heavy atom. The van der Waals surface area contributed by atoms with Crippen molar-refractivity contribution < 1.29 is 4.39 Å². The van der Waals surface area contributed by atoms with Crippen LogP contribution in [0.15, 0.2) is 24.4 Å². The normalized spacial score (nSPS) is 11.4. The molecule has 0 saturated heterocycles. The Morgan fingerprint density at radius 1 is 1.24 bits per heavy atom. The zero-order chi connectivity index (χ0) is 15.6. The van der Waals surface area contributed by atoms with Crippen molar-refractivity contribution in [3.05, 3.63) is 35.8 Å². The highest BCUT2D eigenvalue weighted by atomic mass is 19.1. The fourth-order valence-corrected chi connectivity index (χ4v) is 2.49. The molecular weight excluding hydrogens is 265 g/mol. The quantitative estimate of drug-likeness (QED) is 0.868. The van der Waals surface area contributed by atoms with E-state index < -0.39 is 0 Å². The predicted octanol–water partition coefficient (Wildman–Crippen LogP) is 4.65. The van der Waals surface area contributed by atoms with Gasteiger partial charge in [0.25, 0.3) is 0 Å². The second-order valence-corrected chi connectivity index (χ2v) is 5.91. The SMILES string of the molecule is CCn1ncc(C(C)C)c1-c1ccc(NC(C)C)cc1F. The zero-order valence-corrected chi connectivity index (χ0v) is 13.4. The molecule has 3 nitrogen and oxygen atoms in total. The highest BCUT2D eigenvalue weighted by Crippen LogP contribution is 2.32. The Bertz CT molecular complexity index is 614. The topological polar surface area (TPSA) is 29.9 Å². The number of aryl methyl sites for hydroxylation is 1. The van der Waals surface area contributed by atoms with Gasteiger partial charge in [0.15, 0.2) is 0 Å². The number of anilines is 1. The van der Waals surface area contributed by atoms with Crippen molar-refractivity contribution in [2.24, 2.45) is 0 Å². The van der Waals surface area contributed by atoms with Crippen molar-refractivity contribution in [2.45, 2.75) is 53.1 Å². The van der Waals surface area contributed by atoms with Crippen molar-refractivity contribution in [2.75, 3.05) is 5.32 Å². The molecule has 0 atom stereocenters. The summed E-state index contributed by atoms with van der Waals surface area (Å²) in [6, 6.07) is 5.61. The molecule has 2 rings (SSSR count). The van der Waals surface area contributed by atoms with Crippen molar-refractivity contribution in [3.63, 3.8) is 0 Å². The van der Waals surface area contributed by atoms with Gasteiger partial charge in [-0.05, 0) is 44.9 Å². The van der Waals surface area contributed by atoms with E-state index >= 15 is 0 Å². The maximum absolute atomic E-state index is 14.5. The summed E-state index contributed by atoms with van der Waals surface area (Å²) in [6.07, 6.45) is 1.85. The molecule has 1 heterocycles. The van der Waals surface area contributed by atoms with E-state index in [4.69, 9.17) is 0 Å². The number of aromatic nitrogens is 2. The van der Waals surface area contributed by atoms with Gasteiger partial charge >= 0.3 is 0 Å². The molecule has 21 heavy (non-hydrogen) atoms. The molecule has 1 N–H and O–H groups in total. The number of hydrogen-bond acceptors (Lipinski definition) is 2. The summed E-state index contributed by atoms with van der Waals surface area (Å²) in [5.74, 6) is 0.103. The van der Waals surface area contributed by atoms with Gasteiger partial charge in [0.1, 0.15) is 5.82 Å². The van der Waals surface area contributed by atoms with Gasteiger partial charge in [0.2, 0.25) is 0 Å². The van der Waals surface area contributed by atoms with Gasteiger partial charge < -0.3 is 5.32 Å². The van der Waals surface area contributed by atoms with Gasteiger partial charge in [-0.1, -0.05) is 13.8 Å². The van der Waals surface area contributed by atoms with Crippen LogP contribution in [0.5, 0.6) is 0 Å². The van der Waals surface area contributed by atoms with Gasteiger partial charge in [-0.3, -0.25) is 4.68 Å². The fraction of sp³-hybridized carbons (Fsp3) is 0.471. The molecule has 114 valence electrons. The van der Waals surface area contributed by atoms with Crippen LogP contribution in [0, 0.1) is 5.82 Å². The maximum atomic E-state index is 14.5. The molecule has 4 heteroatoms. The zero-order valence-electron chi connectivity index (χ0n) is 13.4. The third kappa shape index (κ3) is 3.26. The molecule has 0 unspecified atom stereocenters. The standard InChI is InChI=1S/C17H24FN3/c1-6-21-17(15(10-19-21)11(2)3)14-8-7-13(9-16(14)18)20-12(4)5/h7-12,20H,6H2,1-5H3. The van der Waals surface area contributed by atoms with E-state index in [1.54, 1.807) is 6.07 Å². The van der Waals surface area contributed by atoms with E-state index in [9.17, 15) is 4.39 Å². The molecule has 1 aromatic heterocycles. The molecular formula is C17H24FN3. The molecule has 0 radical (unpaired) electrons. The second kappa shape index (κ2) is 6.29. The lowest BCUT2D eigenvalue weighted by Crippen LogP contribution is -2.10. The Labute approximate surface area is 126 Å². The molecule has 2 aromatic rings. The van der Waals surface area contributed by atoms with Crippen molar-refractivity contribution in [1.82, 2.24) is 9.78 Å². The van der Waals surface area contributed by atoms with Crippen LogP contribution in [0.3, 0.4) is 0 Å². The first-order valence-electron chi connectivity index (χ1n) is 7.56. The average molecular weight is 289 g/mol. The lowest BCUT2D eigenvalue weighted by Gasteiger charge is -2.14. The van der Waals surface area contributed by atoms with Crippen molar-refractivity contribution >= 4 is 5.69 Å². The van der Waals surface area contributed by atoms with Crippen LogP contribution in [0.4, 0.5) is 10.1 Å². The summed E-state index contributed by atoms with van der Waals surface area (Å²) in [5, 5.41) is 7.60. The van der Waals surface area contributed by atoms with Crippen molar-refractivity contribution in [1.29, 1.82) is 0 Å². The molecule has 0 spiro atoms. The average Bonchev–Trinajstić information content (AvgIpc) is 2.81. The number of nitrogens with one attached hydrogen (secondary N) is 1. The first-order chi connectivity index (χ1) is 9.93. The van der Waals surface area contributed by atoms with Gasteiger partial charge in [0, 0.05) is 29.4 Å². The van der Waals surface area contributed by atoms with Gasteiger partial charge in [-0.25, -0.2) is 4.39 Å². The Kier molecular flexibility index (Phi) is 4.66. The summed E-state index contributed by atoms with van der Waals surface area (Å²) >= 11 is 0. The molecule has 1 aromatic carbocycles. The summed E-state index contributed by atoms with van der Waals surface area (Å²) in [4.78, 5) is 0. The summed E-state index contributed by atoms with van der Waals surface area (Å²) < 4.78 is 16.4. The molecule has 0 aliphatic heterocycles. The first-order valence-corrected chi connectivity index (χ1v) is 7.56. The van der Waals surface area contributed by atoms with Crippen LogP contribution < -0.4 is 5.32 Å². The molecule has 0 bridgehead atoms. The van der Waals surface area contributed by atoms with Gasteiger partial charge in [-0.15, -0.1) is 0 Å². The molecule has 0 aliphatic carbocycles. The van der Waals surface area contributed by atoms with E-state index in [-0.39, 0.29) is 11.9 Å². The number of hydrogen-bond donors (Lipinski definition) is 1. The van der Waals surface area contributed by atoms with Crippen molar-refractivity contribution in [3.8, 4) is 11.3 Å². The fourth-order valence-electron chi connectivity index (χ4n) is 2.49. The van der Waals surface area contributed by atoms with Gasteiger partial charge in [0.05, 0.1) is 11.9 Å². The van der Waals surface area contributed by atoms with Crippen LogP contribution >= 0.6 is 0 Å². The highest BCUT2D eigenvalue weighted by Gasteiger charge is 2.18. The number of benzene rings is 1. The van der Waals surface area contributed by atoms with Crippen LogP contribution in [0.1, 0.15) is 46.1 Å². The Morgan fingerprint density at radius 2 is 1.95 bits per heavy atom. The number of halogens is 1. The molecule has 0 amide bonds. The summed E-state index contributed by atoms with van der Waals surface area (Å²) in [7, 11) is 0. The Hall–Kier alpha value is -1.84. The first kappa shape index (κ1) is 15.5. The molecule has 0 fully saturated rings. The summed E-state index contributed by atoms with van der Waals surface area (Å²) in [5.41, 5.74) is 3.40. The molecule has 0 aliphatic rings. The number of rotatable bonds is 5. The maximum Gasteiger partial charge on any atom is 0.134 e. The number of nitrogens with zero attached hydrogens (tertiary/aromatic N) is 2. The third-order valence-corrected chi connectivity index (χ3v) is 3.47. The van der Waals surface area contributed by atoms with E-state index in [2.05, 4.69) is 24.3 Å². The van der Waals surface area contributed by atoms with Crippen LogP contribution in [0.2, 0.25) is 0 Å². The summed E-state index contributed by atoms with van der Waals surface area (Å²) in [6.45, 7) is 11.0. The van der Waals surface area contributed by atoms with E-state index in [1.165, 1.54) is 0 Å². The minimum absolute atomic E-state index is 0.210.